The zero-order valence-electron chi connectivity index (χ0n) is 14.3. The third kappa shape index (κ3) is 5.16. The number of halogens is 1. The number of nitrogens with zero attached hydrogens (tertiary/aromatic N) is 1. The lowest BCUT2D eigenvalue weighted by Gasteiger charge is -2.59. The van der Waals surface area contributed by atoms with Crippen LogP contribution in [0.5, 0.6) is 0 Å². The Morgan fingerprint density at radius 3 is 2.48 bits per heavy atom. The predicted octanol–water partition coefficient (Wildman–Crippen LogP) is 3.12. The summed E-state index contributed by atoms with van der Waals surface area (Å²) < 4.78 is 5.66. The Bertz CT molecular complexity index is 339. The Kier molecular flexibility index (Phi) is 9.59. The molecule has 1 saturated carbocycles. The Morgan fingerprint density at radius 1 is 1.33 bits per heavy atom. The van der Waals surface area contributed by atoms with Crippen LogP contribution in [0.15, 0.2) is 4.99 Å². The summed E-state index contributed by atoms with van der Waals surface area (Å²) in [5.41, 5.74) is 0.0695. The molecule has 1 rings (SSSR count). The van der Waals surface area contributed by atoms with Crippen molar-refractivity contribution in [2.45, 2.75) is 51.7 Å². The van der Waals surface area contributed by atoms with Gasteiger partial charge in [-0.2, -0.15) is 11.8 Å². The molecule has 1 fully saturated rings. The van der Waals surface area contributed by atoms with Crippen molar-refractivity contribution in [3.63, 3.8) is 0 Å². The third-order valence-electron chi connectivity index (χ3n) is 4.88. The molecule has 2 atom stereocenters. The summed E-state index contributed by atoms with van der Waals surface area (Å²) in [5.74, 6) is 2.14. The molecule has 0 amide bonds. The summed E-state index contributed by atoms with van der Waals surface area (Å²) >= 11 is 1.90. The molecule has 0 aromatic carbocycles. The van der Waals surface area contributed by atoms with E-state index in [4.69, 9.17) is 4.74 Å². The fourth-order valence-corrected chi connectivity index (χ4v) is 3.15. The quantitative estimate of drug-likeness (QED) is 0.283. The van der Waals surface area contributed by atoms with Crippen LogP contribution in [0.1, 0.15) is 40.0 Å². The SMILES string of the molecule is CN=C(NCCCCSC)NC1CC(C)(OC)C1(C)C.I. The summed E-state index contributed by atoms with van der Waals surface area (Å²) in [4.78, 5) is 4.32. The number of methoxy groups -OCH3 is 1. The van der Waals surface area contributed by atoms with Crippen molar-refractivity contribution < 1.29 is 4.74 Å². The summed E-state index contributed by atoms with van der Waals surface area (Å²) in [5, 5.41) is 6.93. The second-order valence-corrected chi connectivity index (χ2v) is 7.24. The fourth-order valence-electron chi connectivity index (χ4n) is 2.66. The minimum absolute atomic E-state index is 0. The van der Waals surface area contributed by atoms with Crippen LogP contribution in [0.2, 0.25) is 0 Å². The zero-order chi connectivity index (χ0) is 15.2. The van der Waals surface area contributed by atoms with E-state index >= 15 is 0 Å². The highest BCUT2D eigenvalue weighted by Gasteiger charge is 2.57. The van der Waals surface area contributed by atoms with E-state index in [-0.39, 0.29) is 35.0 Å². The van der Waals surface area contributed by atoms with Gasteiger partial charge in [0.2, 0.25) is 0 Å². The van der Waals surface area contributed by atoms with Crippen molar-refractivity contribution in [1.82, 2.24) is 10.6 Å². The van der Waals surface area contributed by atoms with Gasteiger partial charge in [-0.3, -0.25) is 4.99 Å². The number of guanidine groups is 1. The molecular weight excluding hydrogens is 397 g/mol. The number of hydrogen-bond donors (Lipinski definition) is 2. The van der Waals surface area contributed by atoms with Crippen molar-refractivity contribution >= 4 is 41.7 Å². The topological polar surface area (TPSA) is 45.7 Å². The minimum atomic E-state index is -0.0398. The van der Waals surface area contributed by atoms with Crippen LogP contribution < -0.4 is 10.6 Å². The first-order valence-corrected chi connectivity index (χ1v) is 8.82. The van der Waals surface area contributed by atoms with Gasteiger partial charge in [0, 0.05) is 32.2 Å². The van der Waals surface area contributed by atoms with Gasteiger partial charge in [-0.25, -0.2) is 0 Å². The van der Waals surface area contributed by atoms with Crippen molar-refractivity contribution in [3.8, 4) is 0 Å². The average molecular weight is 429 g/mol. The van der Waals surface area contributed by atoms with Gasteiger partial charge in [-0.1, -0.05) is 13.8 Å². The van der Waals surface area contributed by atoms with Gasteiger partial charge < -0.3 is 15.4 Å². The van der Waals surface area contributed by atoms with Crippen molar-refractivity contribution in [3.05, 3.63) is 0 Å². The molecule has 0 spiro atoms. The van der Waals surface area contributed by atoms with Crippen LogP contribution in [-0.2, 0) is 4.74 Å². The first-order chi connectivity index (χ1) is 9.41. The Labute approximate surface area is 151 Å². The van der Waals surface area contributed by atoms with E-state index in [1.165, 1.54) is 18.6 Å². The number of unbranched alkanes of at least 4 members (excludes halogenated alkanes) is 1. The molecule has 0 saturated heterocycles. The second kappa shape index (κ2) is 9.45. The lowest BCUT2D eigenvalue weighted by Crippen LogP contribution is -2.69. The first-order valence-electron chi connectivity index (χ1n) is 7.42. The molecular formula is C15H32IN3OS. The van der Waals surface area contributed by atoms with Crippen molar-refractivity contribution in [2.75, 3.05) is 32.7 Å². The summed E-state index contributed by atoms with van der Waals surface area (Å²) in [6.07, 6.45) is 5.61. The normalized spacial score (nSPS) is 27.5. The predicted molar refractivity (Wildman–Crippen MR) is 105 cm³/mol. The Morgan fingerprint density at radius 2 is 2.00 bits per heavy atom. The van der Waals surface area contributed by atoms with E-state index in [1.54, 1.807) is 7.11 Å². The number of thioether (sulfide) groups is 1. The van der Waals surface area contributed by atoms with Crippen LogP contribution in [0.25, 0.3) is 0 Å². The van der Waals surface area contributed by atoms with Gasteiger partial charge in [0.05, 0.1) is 5.60 Å². The number of rotatable bonds is 7. The molecule has 2 unspecified atom stereocenters. The molecule has 0 aromatic heterocycles. The lowest BCUT2D eigenvalue weighted by molar-refractivity contribution is -0.176. The van der Waals surface area contributed by atoms with E-state index in [9.17, 15) is 0 Å². The molecule has 0 radical (unpaired) electrons. The molecule has 0 aliphatic heterocycles. The summed E-state index contributed by atoms with van der Waals surface area (Å²) in [7, 11) is 3.63. The number of nitrogens with one attached hydrogen (secondary N) is 2. The maximum atomic E-state index is 5.66. The number of hydrogen-bond acceptors (Lipinski definition) is 3. The van der Waals surface area contributed by atoms with Gasteiger partial charge in [-0.05, 0) is 38.2 Å². The molecule has 0 bridgehead atoms. The molecule has 1 aliphatic carbocycles. The molecule has 0 aromatic rings. The van der Waals surface area contributed by atoms with Crippen LogP contribution in [0.4, 0.5) is 0 Å². The van der Waals surface area contributed by atoms with Crippen molar-refractivity contribution in [1.29, 1.82) is 0 Å². The maximum Gasteiger partial charge on any atom is 0.191 e. The van der Waals surface area contributed by atoms with Gasteiger partial charge in [0.1, 0.15) is 0 Å². The van der Waals surface area contributed by atoms with E-state index in [0.29, 0.717) is 6.04 Å². The van der Waals surface area contributed by atoms with E-state index in [2.05, 4.69) is 42.7 Å². The van der Waals surface area contributed by atoms with Crippen LogP contribution >= 0.6 is 35.7 Å². The molecule has 6 heteroatoms. The molecule has 126 valence electrons. The molecule has 0 heterocycles. The van der Waals surface area contributed by atoms with Crippen LogP contribution in [0.3, 0.4) is 0 Å². The Balaban J connectivity index is 0.00000400. The van der Waals surface area contributed by atoms with Gasteiger partial charge in [-0.15, -0.1) is 24.0 Å². The van der Waals surface area contributed by atoms with Crippen molar-refractivity contribution in [2.24, 2.45) is 10.4 Å². The molecule has 2 N–H and O–H groups in total. The van der Waals surface area contributed by atoms with Crippen LogP contribution in [-0.4, -0.2) is 50.3 Å². The van der Waals surface area contributed by atoms with Gasteiger partial charge in [0.25, 0.3) is 0 Å². The highest BCUT2D eigenvalue weighted by atomic mass is 127. The molecule has 1 aliphatic rings. The standard InChI is InChI=1S/C15H31N3OS.HI/c1-14(2)12(11-15(14,3)19-5)18-13(16-4)17-9-7-8-10-20-6;/h12H,7-11H2,1-6H3,(H2,16,17,18);1H. The van der Waals surface area contributed by atoms with Gasteiger partial charge >= 0.3 is 0 Å². The molecule has 4 nitrogen and oxygen atoms in total. The zero-order valence-corrected chi connectivity index (χ0v) is 17.4. The first kappa shape index (κ1) is 21.3. The fraction of sp³-hybridized carbons (Fsp3) is 0.933. The number of aliphatic imine (C=N–C) groups is 1. The van der Waals surface area contributed by atoms with Gasteiger partial charge in [0.15, 0.2) is 5.96 Å². The summed E-state index contributed by atoms with van der Waals surface area (Å²) in [6.45, 7) is 7.67. The summed E-state index contributed by atoms with van der Waals surface area (Å²) in [6, 6.07) is 0.407. The largest absolute Gasteiger partial charge is 0.378 e. The van der Waals surface area contributed by atoms with Crippen LogP contribution in [0, 0.1) is 5.41 Å². The van der Waals surface area contributed by atoms with E-state index in [1.807, 2.05) is 18.8 Å². The highest BCUT2D eigenvalue weighted by molar-refractivity contribution is 14.0. The third-order valence-corrected chi connectivity index (χ3v) is 5.58. The second-order valence-electron chi connectivity index (χ2n) is 6.26. The highest BCUT2D eigenvalue weighted by Crippen LogP contribution is 2.51. The lowest BCUT2D eigenvalue weighted by atomic mass is 9.56. The smallest absolute Gasteiger partial charge is 0.191 e. The minimum Gasteiger partial charge on any atom is -0.378 e. The van der Waals surface area contributed by atoms with E-state index < -0.39 is 0 Å². The number of ether oxygens (including phenoxy) is 1. The maximum absolute atomic E-state index is 5.66. The Hall–Kier alpha value is 0.310. The average Bonchev–Trinajstić information content (AvgIpc) is 2.44. The monoisotopic (exact) mass is 429 g/mol. The molecule has 21 heavy (non-hydrogen) atoms. The van der Waals surface area contributed by atoms with E-state index in [0.717, 1.165) is 18.9 Å².